The zero-order chi connectivity index (χ0) is 10.7. The molecule has 0 atom stereocenters. The van der Waals surface area contributed by atoms with Crippen LogP contribution in [0.3, 0.4) is 0 Å². The standard InChI is InChI=1S/C10H12N4S/c1-2-5-14-10(8(7-11)12-13-14)9-4-3-6-15-9/h2-4,6H,1,5,7,11H2. The van der Waals surface area contributed by atoms with Gasteiger partial charge in [-0.15, -0.1) is 23.0 Å². The van der Waals surface area contributed by atoms with Crippen LogP contribution in [0.15, 0.2) is 30.2 Å². The van der Waals surface area contributed by atoms with Gasteiger partial charge >= 0.3 is 0 Å². The Bertz CT molecular complexity index is 444. The van der Waals surface area contributed by atoms with E-state index in [1.807, 2.05) is 22.2 Å². The van der Waals surface area contributed by atoms with Crippen LogP contribution in [0.4, 0.5) is 0 Å². The van der Waals surface area contributed by atoms with E-state index in [0.29, 0.717) is 13.1 Å². The Balaban J connectivity index is 2.50. The van der Waals surface area contributed by atoms with E-state index in [1.54, 1.807) is 17.4 Å². The van der Waals surface area contributed by atoms with Gasteiger partial charge in [0.05, 0.1) is 11.4 Å². The van der Waals surface area contributed by atoms with Crippen LogP contribution in [0.5, 0.6) is 0 Å². The number of rotatable bonds is 4. The topological polar surface area (TPSA) is 56.7 Å². The van der Waals surface area contributed by atoms with Gasteiger partial charge in [0.2, 0.25) is 0 Å². The molecule has 2 aromatic heterocycles. The quantitative estimate of drug-likeness (QED) is 0.797. The van der Waals surface area contributed by atoms with E-state index in [9.17, 15) is 0 Å². The first-order chi connectivity index (χ1) is 7.36. The summed E-state index contributed by atoms with van der Waals surface area (Å²) in [5, 5.41) is 10.1. The largest absolute Gasteiger partial charge is 0.325 e. The number of thiophene rings is 1. The van der Waals surface area contributed by atoms with Crippen LogP contribution in [0.25, 0.3) is 10.6 Å². The third-order valence-electron chi connectivity index (χ3n) is 2.05. The lowest BCUT2D eigenvalue weighted by Gasteiger charge is -2.02. The lowest BCUT2D eigenvalue weighted by Crippen LogP contribution is -2.02. The average molecular weight is 220 g/mol. The number of nitrogens with two attached hydrogens (primary N) is 1. The summed E-state index contributed by atoms with van der Waals surface area (Å²) >= 11 is 1.66. The van der Waals surface area contributed by atoms with E-state index < -0.39 is 0 Å². The van der Waals surface area contributed by atoms with Crippen LogP contribution >= 0.6 is 11.3 Å². The molecule has 0 saturated carbocycles. The molecule has 0 aliphatic rings. The van der Waals surface area contributed by atoms with Crippen molar-refractivity contribution in [1.82, 2.24) is 15.0 Å². The molecule has 0 aliphatic heterocycles. The minimum atomic E-state index is 0.407. The molecule has 0 amide bonds. The predicted molar refractivity (Wildman–Crippen MR) is 61.4 cm³/mol. The highest BCUT2D eigenvalue weighted by Crippen LogP contribution is 2.26. The van der Waals surface area contributed by atoms with Gasteiger partial charge in [0.25, 0.3) is 0 Å². The van der Waals surface area contributed by atoms with Crippen LogP contribution in [0, 0.1) is 0 Å². The highest BCUT2D eigenvalue weighted by Gasteiger charge is 2.13. The van der Waals surface area contributed by atoms with Gasteiger partial charge in [0.15, 0.2) is 0 Å². The number of nitrogens with zero attached hydrogens (tertiary/aromatic N) is 3. The van der Waals surface area contributed by atoms with Crippen molar-refractivity contribution >= 4 is 11.3 Å². The second kappa shape index (κ2) is 4.37. The molecular weight excluding hydrogens is 208 g/mol. The van der Waals surface area contributed by atoms with Gasteiger partial charge in [-0.3, -0.25) is 0 Å². The third-order valence-corrected chi connectivity index (χ3v) is 2.93. The van der Waals surface area contributed by atoms with Gasteiger partial charge < -0.3 is 5.73 Å². The summed E-state index contributed by atoms with van der Waals surface area (Å²) in [6.45, 7) is 4.76. The summed E-state index contributed by atoms with van der Waals surface area (Å²) in [5.74, 6) is 0. The molecule has 0 aromatic carbocycles. The molecule has 0 unspecified atom stereocenters. The maximum Gasteiger partial charge on any atom is 0.105 e. The summed E-state index contributed by atoms with van der Waals surface area (Å²) in [6, 6.07) is 4.05. The molecule has 0 aliphatic carbocycles. The number of aromatic nitrogens is 3. The van der Waals surface area contributed by atoms with Crippen LogP contribution < -0.4 is 5.73 Å². The van der Waals surface area contributed by atoms with E-state index in [4.69, 9.17) is 5.73 Å². The van der Waals surface area contributed by atoms with E-state index in [1.165, 1.54) is 0 Å². The Labute approximate surface area is 92.0 Å². The van der Waals surface area contributed by atoms with Crippen molar-refractivity contribution in [2.45, 2.75) is 13.1 Å². The molecule has 2 aromatic rings. The third kappa shape index (κ3) is 1.84. The van der Waals surface area contributed by atoms with Gasteiger partial charge in [-0.2, -0.15) is 0 Å². The lowest BCUT2D eigenvalue weighted by molar-refractivity contribution is 0.668. The van der Waals surface area contributed by atoms with Gasteiger partial charge in [-0.05, 0) is 11.4 Å². The van der Waals surface area contributed by atoms with Gasteiger partial charge in [0.1, 0.15) is 11.4 Å². The van der Waals surface area contributed by atoms with Gasteiger partial charge in [-0.1, -0.05) is 17.4 Å². The first kappa shape index (κ1) is 10.1. The zero-order valence-electron chi connectivity index (χ0n) is 8.26. The molecule has 0 saturated heterocycles. The summed E-state index contributed by atoms with van der Waals surface area (Å²) < 4.78 is 1.82. The van der Waals surface area contributed by atoms with Gasteiger partial charge in [-0.25, -0.2) is 4.68 Å². The van der Waals surface area contributed by atoms with Crippen LogP contribution in [-0.2, 0) is 13.1 Å². The zero-order valence-corrected chi connectivity index (χ0v) is 9.07. The molecule has 2 rings (SSSR count). The smallest absolute Gasteiger partial charge is 0.105 e. The fourth-order valence-corrected chi connectivity index (χ4v) is 2.22. The molecule has 0 bridgehead atoms. The molecule has 0 fully saturated rings. The summed E-state index contributed by atoms with van der Waals surface area (Å²) in [5.41, 5.74) is 7.47. The minimum Gasteiger partial charge on any atom is -0.325 e. The Morgan fingerprint density at radius 2 is 2.47 bits per heavy atom. The number of hydrogen-bond donors (Lipinski definition) is 1. The molecular formula is C10H12N4S. The molecule has 0 radical (unpaired) electrons. The maximum atomic E-state index is 5.63. The molecule has 78 valence electrons. The SMILES string of the molecule is C=CCn1nnc(CN)c1-c1cccs1. The molecule has 2 heterocycles. The summed E-state index contributed by atoms with van der Waals surface area (Å²) in [4.78, 5) is 1.14. The fourth-order valence-electron chi connectivity index (χ4n) is 1.42. The fraction of sp³-hybridized carbons (Fsp3) is 0.200. The van der Waals surface area contributed by atoms with Crippen molar-refractivity contribution in [3.05, 3.63) is 35.9 Å². The highest BCUT2D eigenvalue weighted by atomic mass is 32.1. The van der Waals surface area contributed by atoms with Crippen molar-refractivity contribution in [1.29, 1.82) is 0 Å². The Morgan fingerprint density at radius 1 is 1.60 bits per heavy atom. The second-order valence-electron chi connectivity index (χ2n) is 3.04. The number of hydrogen-bond acceptors (Lipinski definition) is 4. The Morgan fingerprint density at radius 3 is 3.07 bits per heavy atom. The van der Waals surface area contributed by atoms with Crippen LogP contribution in [0.2, 0.25) is 0 Å². The maximum absolute atomic E-state index is 5.63. The van der Waals surface area contributed by atoms with E-state index in [2.05, 4.69) is 16.9 Å². The van der Waals surface area contributed by atoms with E-state index in [0.717, 1.165) is 16.3 Å². The van der Waals surface area contributed by atoms with Crippen molar-refractivity contribution in [3.8, 4) is 10.6 Å². The van der Waals surface area contributed by atoms with E-state index >= 15 is 0 Å². The Hall–Kier alpha value is -1.46. The van der Waals surface area contributed by atoms with Crippen molar-refractivity contribution in [3.63, 3.8) is 0 Å². The highest BCUT2D eigenvalue weighted by molar-refractivity contribution is 7.13. The minimum absolute atomic E-state index is 0.407. The number of allylic oxidation sites excluding steroid dienone is 1. The lowest BCUT2D eigenvalue weighted by atomic mass is 10.2. The second-order valence-corrected chi connectivity index (χ2v) is 3.98. The first-order valence-corrected chi connectivity index (χ1v) is 5.52. The van der Waals surface area contributed by atoms with Gasteiger partial charge in [0, 0.05) is 6.54 Å². The molecule has 4 nitrogen and oxygen atoms in total. The van der Waals surface area contributed by atoms with Crippen molar-refractivity contribution in [2.75, 3.05) is 0 Å². The first-order valence-electron chi connectivity index (χ1n) is 4.64. The van der Waals surface area contributed by atoms with Crippen molar-refractivity contribution < 1.29 is 0 Å². The van der Waals surface area contributed by atoms with Crippen molar-refractivity contribution in [2.24, 2.45) is 5.73 Å². The molecule has 2 N–H and O–H groups in total. The average Bonchev–Trinajstić information content (AvgIpc) is 2.85. The summed E-state index contributed by atoms with van der Waals surface area (Å²) in [7, 11) is 0. The monoisotopic (exact) mass is 220 g/mol. The summed E-state index contributed by atoms with van der Waals surface area (Å²) in [6.07, 6.45) is 1.80. The van der Waals surface area contributed by atoms with Crippen LogP contribution in [0.1, 0.15) is 5.69 Å². The van der Waals surface area contributed by atoms with E-state index in [-0.39, 0.29) is 0 Å². The normalized spacial score (nSPS) is 10.5. The molecule has 15 heavy (non-hydrogen) atoms. The van der Waals surface area contributed by atoms with Crippen LogP contribution in [-0.4, -0.2) is 15.0 Å². The Kier molecular flexibility index (Phi) is 2.94. The molecule has 0 spiro atoms. The predicted octanol–water partition coefficient (Wildman–Crippen LogP) is 1.65. The molecule has 5 heteroatoms.